The highest BCUT2D eigenvalue weighted by atomic mass is 79.9. The van der Waals surface area contributed by atoms with Crippen LogP contribution >= 0.6 is 43.5 Å². The number of carbonyl (C=O) groups is 2. The summed E-state index contributed by atoms with van der Waals surface area (Å²) in [4.78, 5) is 28.4. The Hall–Kier alpha value is -3.87. The van der Waals surface area contributed by atoms with Gasteiger partial charge >= 0.3 is 12.1 Å². The SMILES string of the molecule is O=C(Oc1c(Br)cc(Br)cc1C=NNC(=O)c1[nH]c2c(C(F)(F)F)cccc2c1-c1ccccc1Cl)c1ccco1. The fourth-order valence-corrected chi connectivity index (χ4v) is 5.68. The molecule has 0 spiro atoms. The number of furan rings is 1. The van der Waals surface area contributed by atoms with Crippen LogP contribution in [0.3, 0.4) is 0 Å². The highest BCUT2D eigenvalue weighted by molar-refractivity contribution is 9.11. The van der Waals surface area contributed by atoms with Gasteiger partial charge in [-0.25, -0.2) is 10.2 Å². The molecule has 0 aliphatic rings. The number of hydrazone groups is 1. The molecule has 0 aliphatic carbocycles. The number of hydrogen-bond acceptors (Lipinski definition) is 5. The first-order chi connectivity index (χ1) is 19.5. The second-order valence-electron chi connectivity index (χ2n) is 8.45. The van der Waals surface area contributed by atoms with Gasteiger partial charge < -0.3 is 14.1 Å². The van der Waals surface area contributed by atoms with E-state index in [0.29, 0.717) is 14.5 Å². The van der Waals surface area contributed by atoms with Crippen LogP contribution in [0.2, 0.25) is 5.02 Å². The van der Waals surface area contributed by atoms with E-state index < -0.39 is 23.6 Å². The van der Waals surface area contributed by atoms with Gasteiger partial charge in [0.2, 0.25) is 5.76 Å². The monoisotopic (exact) mass is 707 g/mol. The lowest BCUT2D eigenvalue weighted by atomic mass is 10.00. The number of halogens is 6. The summed E-state index contributed by atoms with van der Waals surface area (Å²) in [6.07, 6.45) is -2.13. The minimum atomic E-state index is -4.68. The van der Waals surface area contributed by atoms with Gasteiger partial charge in [0.05, 0.1) is 28.0 Å². The first kappa shape index (κ1) is 28.7. The van der Waals surface area contributed by atoms with Crippen LogP contribution in [0.4, 0.5) is 13.2 Å². The Kier molecular flexibility index (Phi) is 8.07. The van der Waals surface area contributed by atoms with Gasteiger partial charge in [0.15, 0.2) is 5.75 Å². The molecule has 0 aliphatic heterocycles. The number of amides is 1. The predicted octanol–water partition coefficient (Wildman–Crippen LogP) is 8.61. The van der Waals surface area contributed by atoms with Gasteiger partial charge in [0, 0.05) is 31.6 Å². The molecule has 1 amide bonds. The molecule has 0 fully saturated rings. The molecule has 5 rings (SSSR count). The van der Waals surface area contributed by atoms with Crippen molar-refractivity contribution in [1.82, 2.24) is 10.4 Å². The summed E-state index contributed by atoms with van der Waals surface area (Å²) in [5.74, 6) is -1.53. The Morgan fingerprint density at radius 1 is 1.05 bits per heavy atom. The van der Waals surface area contributed by atoms with Crippen LogP contribution in [0.15, 0.2) is 91.5 Å². The van der Waals surface area contributed by atoms with Gasteiger partial charge in [0.1, 0.15) is 5.69 Å². The standard InChI is InChI=1S/C28H15Br2ClF3N3O4/c29-15-11-14(25(19(30)12-15)41-27(39)21-9-4-10-40-21)13-35-37-26(38)24-22(16-5-1-2-8-20(16)31)17-6-3-7-18(23(17)36-24)28(32,33)34/h1-13,36H,(H,37,38). The highest BCUT2D eigenvalue weighted by Gasteiger charge is 2.35. The number of alkyl halides is 3. The molecule has 0 saturated heterocycles. The lowest BCUT2D eigenvalue weighted by molar-refractivity contribution is -0.136. The number of fused-ring (bicyclic) bond motifs is 1. The molecule has 2 aromatic heterocycles. The van der Waals surface area contributed by atoms with Crippen molar-refractivity contribution in [2.45, 2.75) is 6.18 Å². The third-order valence-electron chi connectivity index (χ3n) is 5.83. The number of aromatic amines is 1. The number of H-pyrrole nitrogens is 1. The Morgan fingerprint density at radius 2 is 1.83 bits per heavy atom. The summed E-state index contributed by atoms with van der Waals surface area (Å²) in [5, 5.41) is 4.37. The maximum atomic E-state index is 13.8. The van der Waals surface area contributed by atoms with E-state index in [9.17, 15) is 22.8 Å². The first-order valence-electron chi connectivity index (χ1n) is 11.6. The Morgan fingerprint density at radius 3 is 2.54 bits per heavy atom. The van der Waals surface area contributed by atoms with E-state index in [0.717, 1.165) is 6.07 Å². The molecule has 13 heteroatoms. The van der Waals surface area contributed by atoms with E-state index in [1.807, 2.05) is 0 Å². The van der Waals surface area contributed by atoms with Crippen molar-refractivity contribution in [3.63, 3.8) is 0 Å². The highest BCUT2D eigenvalue weighted by Crippen LogP contribution is 2.41. The van der Waals surface area contributed by atoms with E-state index >= 15 is 0 Å². The molecule has 0 saturated carbocycles. The third-order valence-corrected chi connectivity index (χ3v) is 7.21. The van der Waals surface area contributed by atoms with E-state index in [2.05, 4.69) is 47.4 Å². The number of rotatable bonds is 6. The average molecular weight is 710 g/mol. The van der Waals surface area contributed by atoms with Gasteiger partial charge in [-0.3, -0.25) is 4.79 Å². The number of ether oxygens (including phenoxy) is 1. The summed E-state index contributed by atoms with van der Waals surface area (Å²) >= 11 is 13.1. The summed E-state index contributed by atoms with van der Waals surface area (Å²) in [7, 11) is 0. The van der Waals surface area contributed by atoms with Gasteiger partial charge in [0.25, 0.3) is 5.91 Å². The smallest absolute Gasteiger partial charge is 0.418 e. The van der Waals surface area contributed by atoms with Crippen LogP contribution in [-0.4, -0.2) is 23.1 Å². The van der Waals surface area contributed by atoms with Crippen LogP contribution in [0.25, 0.3) is 22.0 Å². The molecule has 208 valence electrons. The molecular weight excluding hydrogens is 695 g/mol. The lowest BCUT2D eigenvalue weighted by Crippen LogP contribution is -2.19. The molecular formula is C28H15Br2ClF3N3O4. The molecule has 2 N–H and O–H groups in total. The fraction of sp³-hybridized carbons (Fsp3) is 0.0357. The summed E-state index contributed by atoms with van der Waals surface area (Å²) in [6.45, 7) is 0. The molecule has 0 atom stereocenters. The zero-order valence-corrected chi connectivity index (χ0v) is 24.3. The zero-order valence-electron chi connectivity index (χ0n) is 20.4. The Bertz CT molecular complexity index is 1820. The number of aromatic nitrogens is 1. The normalized spacial score (nSPS) is 11.8. The van der Waals surface area contributed by atoms with Crippen molar-refractivity contribution in [3.05, 3.63) is 110 Å². The van der Waals surface area contributed by atoms with Gasteiger partial charge in [-0.15, -0.1) is 0 Å². The van der Waals surface area contributed by atoms with E-state index in [1.165, 1.54) is 36.7 Å². The van der Waals surface area contributed by atoms with Crippen LogP contribution in [0.5, 0.6) is 5.75 Å². The van der Waals surface area contributed by atoms with Crippen LogP contribution < -0.4 is 10.2 Å². The van der Waals surface area contributed by atoms with Crippen molar-refractivity contribution in [2.24, 2.45) is 5.10 Å². The number of esters is 1. The van der Waals surface area contributed by atoms with Gasteiger partial charge in [-0.05, 0) is 52.3 Å². The fourth-order valence-electron chi connectivity index (χ4n) is 4.11. The van der Waals surface area contributed by atoms with E-state index in [4.69, 9.17) is 20.8 Å². The van der Waals surface area contributed by atoms with Gasteiger partial charge in [-0.2, -0.15) is 18.3 Å². The number of nitrogens with one attached hydrogen (secondary N) is 2. The van der Waals surface area contributed by atoms with Crippen molar-refractivity contribution < 1.29 is 31.9 Å². The van der Waals surface area contributed by atoms with Crippen LogP contribution in [0.1, 0.15) is 32.2 Å². The minimum absolute atomic E-state index is 0.0276. The summed E-state index contributed by atoms with van der Waals surface area (Å²) in [5.41, 5.74) is 1.77. The Balaban J connectivity index is 1.52. The lowest BCUT2D eigenvalue weighted by Gasteiger charge is -2.10. The van der Waals surface area contributed by atoms with Crippen LogP contribution in [-0.2, 0) is 6.18 Å². The second kappa shape index (κ2) is 11.6. The van der Waals surface area contributed by atoms with Crippen molar-refractivity contribution in [1.29, 1.82) is 0 Å². The number of hydrogen-bond donors (Lipinski definition) is 2. The molecule has 2 heterocycles. The van der Waals surface area contributed by atoms with E-state index in [-0.39, 0.29) is 44.3 Å². The molecule has 0 radical (unpaired) electrons. The number of nitrogens with zero attached hydrogens (tertiary/aromatic N) is 1. The van der Waals surface area contributed by atoms with Crippen molar-refractivity contribution in [3.8, 4) is 16.9 Å². The summed E-state index contributed by atoms with van der Waals surface area (Å²) < 4.78 is 52.9. The second-order valence-corrected chi connectivity index (χ2v) is 10.6. The van der Waals surface area contributed by atoms with Gasteiger partial charge in [-0.1, -0.05) is 57.9 Å². The third kappa shape index (κ3) is 5.95. The molecule has 0 unspecified atom stereocenters. The minimum Gasteiger partial charge on any atom is -0.457 e. The number of carbonyl (C=O) groups excluding carboxylic acids is 2. The average Bonchev–Trinajstić information content (AvgIpc) is 3.59. The molecule has 7 nitrogen and oxygen atoms in total. The Labute approximate surface area is 251 Å². The maximum Gasteiger partial charge on any atom is 0.418 e. The zero-order chi connectivity index (χ0) is 29.3. The van der Waals surface area contributed by atoms with Crippen molar-refractivity contribution in [2.75, 3.05) is 0 Å². The summed E-state index contributed by atoms with van der Waals surface area (Å²) in [6, 6.07) is 16.3. The largest absolute Gasteiger partial charge is 0.457 e. The molecule has 3 aromatic carbocycles. The number of benzene rings is 3. The maximum absolute atomic E-state index is 13.8. The molecule has 41 heavy (non-hydrogen) atoms. The van der Waals surface area contributed by atoms with Crippen LogP contribution in [0, 0.1) is 0 Å². The molecule has 5 aromatic rings. The van der Waals surface area contributed by atoms with Crippen molar-refractivity contribution >= 4 is 72.5 Å². The molecule has 0 bridgehead atoms. The predicted molar refractivity (Wildman–Crippen MR) is 154 cm³/mol. The quantitative estimate of drug-likeness (QED) is 0.0799. The first-order valence-corrected chi connectivity index (χ1v) is 13.6. The number of para-hydroxylation sites is 1. The topological polar surface area (TPSA) is 96.7 Å². The van der Waals surface area contributed by atoms with E-state index in [1.54, 1.807) is 36.4 Å².